The molecule has 1 amide bonds. The zero-order chi connectivity index (χ0) is 22.6. The monoisotopic (exact) mass is 454 g/mol. The topological polar surface area (TPSA) is 113 Å². The number of hydrogen-bond donors (Lipinski definition) is 1. The fourth-order valence-electron chi connectivity index (χ4n) is 2.76. The van der Waals surface area contributed by atoms with Crippen LogP contribution in [0.25, 0.3) is 11.4 Å². The molecule has 0 saturated carbocycles. The molecule has 0 saturated heterocycles. The number of aryl methyl sites for hydroxylation is 1. The van der Waals surface area contributed by atoms with Crippen molar-refractivity contribution in [2.75, 3.05) is 0 Å². The molecule has 2 aromatic heterocycles. The molecular weight excluding hydrogens is 433 g/mol. The van der Waals surface area contributed by atoms with Gasteiger partial charge in [0.2, 0.25) is 17.6 Å². The third-order valence-corrected chi connectivity index (χ3v) is 5.15. The van der Waals surface area contributed by atoms with Crippen LogP contribution in [0.2, 0.25) is 0 Å². The SMILES string of the molecule is CC(C)Cn1c(CCC(N)=O)nnc1SCc1nc(-c2ccc(C(F)(F)F)cc2)no1. The number of aromatic nitrogens is 5. The van der Waals surface area contributed by atoms with Crippen molar-refractivity contribution in [2.24, 2.45) is 11.7 Å². The lowest BCUT2D eigenvalue weighted by Gasteiger charge is -2.11. The third kappa shape index (κ3) is 6.06. The quantitative estimate of drug-likeness (QED) is 0.490. The molecule has 0 atom stereocenters. The van der Waals surface area contributed by atoms with E-state index in [9.17, 15) is 18.0 Å². The number of halogens is 3. The van der Waals surface area contributed by atoms with Gasteiger partial charge in [0.05, 0.1) is 11.3 Å². The molecule has 166 valence electrons. The summed E-state index contributed by atoms with van der Waals surface area (Å²) >= 11 is 1.34. The van der Waals surface area contributed by atoms with Crippen LogP contribution in [0.5, 0.6) is 0 Å². The summed E-state index contributed by atoms with van der Waals surface area (Å²) in [5.41, 5.74) is 4.91. The van der Waals surface area contributed by atoms with Crippen molar-refractivity contribution in [3.05, 3.63) is 41.5 Å². The van der Waals surface area contributed by atoms with Crippen molar-refractivity contribution in [1.82, 2.24) is 24.9 Å². The van der Waals surface area contributed by atoms with Gasteiger partial charge in [-0.3, -0.25) is 4.79 Å². The first-order valence-electron chi connectivity index (χ1n) is 9.47. The maximum absolute atomic E-state index is 12.7. The summed E-state index contributed by atoms with van der Waals surface area (Å²) in [5, 5.41) is 12.8. The highest BCUT2D eigenvalue weighted by molar-refractivity contribution is 7.98. The van der Waals surface area contributed by atoms with E-state index in [4.69, 9.17) is 10.3 Å². The normalized spacial score (nSPS) is 11.9. The van der Waals surface area contributed by atoms with Crippen molar-refractivity contribution in [3.63, 3.8) is 0 Å². The van der Waals surface area contributed by atoms with E-state index in [2.05, 4.69) is 34.2 Å². The Bertz CT molecular complexity index is 1030. The highest BCUT2D eigenvalue weighted by Crippen LogP contribution is 2.30. The lowest BCUT2D eigenvalue weighted by Crippen LogP contribution is -2.15. The van der Waals surface area contributed by atoms with E-state index in [0.717, 1.165) is 12.1 Å². The fourth-order valence-corrected chi connectivity index (χ4v) is 3.56. The van der Waals surface area contributed by atoms with Gasteiger partial charge in [-0.15, -0.1) is 10.2 Å². The fraction of sp³-hybridized carbons (Fsp3) is 0.421. The average Bonchev–Trinajstić information content (AvgIpc) is 3.31. The Hall–Kier alpha value is -2.89. The summed E-state index contributed by atoms with van der Waals surface area (Å²) in [6.07, 6.45) is -3.82. The highest BCUT2D eigenvalue weighted by atomic mass is 32.2. The van der Waals surface area contributed by atoms with Gasteiger partial charge < -0.3 is 14.8 Å². The van der Waals surface area contributed by atoms with Gasteiger partial charge in [0, 0.05) is 24.9 Å². The molecule has 0 unspecified atom stereocenters. The number of nitrogens with two attached hydrogens (primary N) is 1. The number of carbonyl (C=O) groups is 1. The van der Waals surface area contributed by atoms with Crippen molar-refractivity contribution < 1.29 is 22.5 Å². The van der Waals surface area contributed by atoms with Crippen molar-refractivity contribution in [2.45, 2.75) is 50.3 Å². The summed E-state index contributed by atoms with van der Waals surface area (Å²) in [6.45, 7) is 4.78. The molecule has 0 aliphatic carbocycles. The van der Waals surface area contributed by atoms with E-state index < -0.39 is 17.6 Å². The van der Waals surface area contributed by atoms with Crippen LogP contribution in [0.4, 0.5) is 13.2 Å². The minimum Gasteiger partial charge on any atom is -0.370 e. The molecule has 0 bridgehead atoms. The Kier molecular flexibility index (Phi) is 6.98. The Morgan fingerprint density at radius 1 is 1.23 bits per heavy atom. The van der Waals surface area contributed by atoms with Crippen molar-refractivity contribution in [1.29, 1.82) is 0 Å². The van der Waals surface area contributed by atoms with Crippen LogP contribution >= 0.6 is 11.8 Å². The van der Waals surface area contributed by atoms with Gasteiger partial charge in [-0.2, -0.15) is 18.2 Å². The summed E-state index contributed by atoms with van der Waals surface area (Å²) in [6, 6.07) is 4.55. The number of alkyl halides is 3. The second kappa shape index (κ2) is 9.50. The number of benzene rings is 1. The molecule has 2 heterocycles. The number of primary amides is 1. The molecular formula is C19H21F3N6O2S. The minimum atomic E-state index is -4.40. The third-order valence-electron chi connectivity index (χ3n) is 4.20. The van der Waals surface area contributed by atoms with Crippen LogP contribution in [-0.4, -0.2) is 30.8 Å². The molecule has 3 aromatic rings. The standard InChI is InChI=1S/C19H21F3N6O2S/c1-11(2)9-28-15(8-7-14(23)29)25-26-18(28)31-10-16-24-17(27-30-16)12-3-5-13(6-4-12)19(20,21)22/h3-6,11H,7-10H2,1-2H3,(H2,23,29). The highest BCUT2D eigenvalue weighted by Gasteiger charge is 2.30. The average molecular weight is 454 g/mol. The summed E-state index contributed by atoms with van der Waals surface area (Å²) in [7, 11) is 0. The number of hydrogen-bond acceptors (Lipinski definition) is 7. The molecule has 0 radical (unpaired) electrons. The van der Waals surface area contributed by atoms with Gasteiger partial charge in [-0.1, -0.05) is 42.9 Å². The van der Waals surface area contributed by atoms with E-state index in [0.29, 0.717) is 47.1 Å². The van der Waals surface area contributed by atoms with Gasteiger partial charge in [-0.25, -0.2) is 0 Å². The number of thioether (sulfide) groups is 1. The second-order valence-corrected chi connectivity index (χ2v) is 8.19. The zero-order valence-corrected chi connectivity index (χ0v) is 17.7. The van der Waals surface area contributed by atoms with Gasteiger partial charge in [0.15, 0.2) is 5.16 Å². The number of amides is 1. The summed E-state index contributed by atoms with van der Waals surface area (Å²) in [5.74, 6) is 1.41. The van der Waals surface area contributed by atoms with E-state index >= 15 is 0 Å². The summed E-state index contributed by atoms with van der Waals surface area (Å²) < 4.78 is 45.3. The van der Waals surface area contributed by atoms with Crippen molar-refractivity contribution in [3.8, 4) is 11.4 Å². The van der Waals surface area contributed by atoms with E-state index in [1.807, 2.05) is 4.57 Å². The van der Waals surface area contributed by atoms with Gasteiger partial charge in [-0.05, 0) is 18.1 Å². The first-order chi connectivity index (χ1) is 14.6. The number of nitrogens with zero attached hydrogens (tertiary/aromatic N) is 5. The minimum absolute atomic E-state index is 0.182. The van der Waals surface area contributed by atoms with Crippen LogP contribution in [0.15, 0.2) is 33.9 Å². The van der Waals surface area contributed by atoms with Crippen LogP contribution in [-0.2, 0) is 29.7 Å². The van der Waals surface area contributed by atoms with Crippen molar-refractivity contribution >= 4 is 17.7 Å². The predicted octanol–water partition coefficient (Wildman–Crippen LogP) is 3.71. The van der Waals surface area contributed by atoms with E-state index in [-0.39, 0.29) is 12.2 Å². The first kappa shape index (κ1) is 22.8. The lowest BCUT2D eigenvalue weighted by atomic mass is 10.1. The van der Waals surface area contributed by atoms with Crippen LogP contribution in [0.3, 0.4) is 0 Å². The molecule has 0 spiro atoms. The molecule has 2 N–H and O–H groups in total. The molecule has 8 nitrogen and oxygen atoms in total. The molecule has 1 aromatic carbocycles. The van der Waals surface area contributed by atoms with E-state index in [1.54, 1.807) is 0 Å². The smallest absolute Gasteiger partial charge is 0.370 e. The molecule has 0 aliphatic rings. The summed E-state index contributed by atoms with van der Waals surface area (Å²) in [4.78, 5) is 15.3. The largest absolute Gasteiger partial charge is 0.416 e. The Morgan fingerprint density at radius 2 is 1.94 bits per heavy atom. The maximum Gasteiger partial charge on any atom is 0.416 e. The second-order valence-electron chi connectivity index (χ2n) is 7.25. The molecule has 31 heavy (non-hydrogen) atoms. The maximum atomic E-state index is 12.7. The number of carbonyl (C=O) groups excluding carboxylic acids is 1. The van der Waals surface area contributed by atoms with Gasteiger partial charge in [0.1, 0.15) is 5.82 Å². The van der Waals surface area contributed by atoms with Crippen LogP contribution in [0.1, 0.15) is 37.5 Å². The van der Waals surface area contributed by atoms with E-state index in [1.165, 1.54) is 23.9 Å². The van der Waals surface area contributed by atoms with Gasteiger partial charge >= 0.3 is 6.18 Å². The Morgan fingerprint density at radius 3 is 2.55 bits per heavy atom. The first-order valence-corrected chi connectivity index (χ1v) is 10.5. The molecule has 0 aliphatic heterocycles. The van der Waals surface area contributed by atoms with Gasteiger partial charge in [0.25, 0.3) is 0 Å². The van der Waals surface area contributed by atoms with Crippen LogP contribution in [0, 0.1) is 5.92 Å². The molecule has 0 fully saturated rings. The van der Waals surface area contributed by atoms with Crippen LogP contribution < -0.4 is 5.73 Å². The Balaban J connectivity index is 1.69. The zero-order valence-electron chi connectivity index (χ0n) is 16.9. The Labute approximate surface area is 180 Å². The predicted molar refractivity (Wildman–Crippen MR) is 107 cm³/mol. The molecule has 12 heteroatoms. The lowest BCUT2D eigenvalue weighted by molar-refractivity contribution is -0.137. The molecule has 3 rings (SSSR count). The number of rotatable bonds is 9.